The van der Waals surface area contributed by atoms with Gasteiger partial charge in [0.2, 0.25) is 11.8 Å². The molecule has 0 bridgehead atoms. The number of ketones is 1. The maximum atomic E-state index is 12.3. The van der Waals surface area contributed by atoms with Crippen molar-refractivity contribution in [2.75, 3.05) is 46.5 Å². The van der Waals surface area contributed by atoms with Gasteiger partial charge in [-0.3, -0.25) is 14.4 Å². The normalized spacial score (nSPS) is 14.0. The van der Waals surface area contributed by atoms with Crippen molar-refractivity contribution in [1.82, 2.24) is 9.80 Å². The Morgan fingerprint density at radius 2 is 1.71 bits per heavy atom. The van der Waals surface area contributed by atoms with Crippen LogP contribution in [-0.4, -0.2) is 73.9 Å². The fourth-order valence-electron chi connectivity index (χ4n) is 2.73. The Balaban J connectivity index is 1.78. The van der Waals surface area contributed by atoms with E-state index in [1.807, 2.05) is 0 Å². The summed E-state index contributed by atoms with van der Waals surface area (Å²) in [5.74, 6) is 2.49. The maximum absolute atomic E-state index is 12.3. The highest BCUT2D eigenvalue weighted by Gasteiger charge is 2.22. The molecule has 1 heterocycles. The molecular weight excluding hydrogens is 360 g/mol. The molecule has 7 nitrogen and oxygen atoms in total. The first-order valence-corrected chi connectivity index (χ1v) is 8.99. The number of rotatable bonds is 8. The Morgan fingerprint density at radius 3 is 2.32 bits per heavy atom. The van der Waals surface area contributed by atoms with E-state index < -0.39 is 0 Å². The van der Waals surface area contributed by atoms with Gasteiger partial charge in [-0.05, 0) is 30.3 Å². The Labute approximate surface area is 164 Å². The lowest BCUT2D eigenvalue weighted by molar-refractivity contribution is -0.138. The third-order valence-corrected chi connectivity index (χ3v) is 4.34. The van der Waals surface area contributed by atoms with Crippen molar-refractivity contribution < 1.29 is 23.9 Å². The molecule has 1 aromatic carbocycles. The van der Waals surface area contributed by atoms with Crippen molar-refractivity contribution >= 4 is 17.6 Å². The number of nitrogens with zero attached hydrogens (tertiary/aromatic N) is 2. The van der Waals surface area contributed by atoms with E-state index in [2.05, 4.69) is 5.92 Å². The summed E-state index contributed by atoms with van der Waals surface area (Å²) in [6, 6.07) is 6.68. The summed E-state index contributed by atoms with van der Waals surface area (Å²) in [5.41, 5.74) is 0.479. The highest BCUT2D eigenvalue weighted by molar-refractivity contribution is 6.07. The van der Waals surface area contributed by atoms with Gasteiger partial charge in [0.1, 0.15) is 12.4 Å². The summed E-state index contributed by atoms with van der Waals surface area (Å²) >= 11 is 0. The lowest BCUT2D eigenvalue weighted by atomic mass is 10.1. The fraction of sp³-hybridized carbons (Fsp3) is 0.381. The van der Waals surface area contributed by atoms with Gasteiger partial charge in [-0.1, -0.05) is 5.92 Å². The smallest absolute Gasteiger partial charge is 0.246 e. The first-order valence-electron chi connectivity index (χ1n) is 8.99. The average Bonchev–Trinajstić information content (AvgIpc) is 2.74. The van der Waals surface area contributed by atoms with Gasteiger partial charge in [-0.15, -0.1) is 6.42 Å². The zero-order valence-corrected chi connectivity index (χ0v) is 15.9. The van der Waals surface area contributed by atoms with Gasteiger partial charge in [-0.25, -0.2) is 0 Å². The zero-order valence-electron chi connectivity index (χ0n) is 15.9. The molecule has 0 radical (unpaired) electrons. The van der Waals surface area contributed by atoms with Crippen LogP contribution >= 0.6 is 0 Å². The minimum absolute atomic E-state index is 0.0191. The number of hydrogen-bond donors (Lipinski definition) is 0. The number of methoxy groups -OCH3 is 1. The zero-order chi connectivity index (χ0) is 20.4. The van der Waals surface area contributed by atoms with Gasteiger partial charge in [0.25, 0.3) is 0 Å². The second-order valence-electron chi connectivity index (χ2n) is 6.14. The minimum atomic E-state index is -0.253. The first-order chi connectivity index (χ1) is 13.5. The van der Waals surface area contributed by atoms with Crippen LogP contribution in [0.1, 0.15) is 16.8 Å². The van der Waals surface area contributed by atoms with Crippen LogP contribution in [0.3, 0.4) is 0 Å². The van der Waals surface area contributed by atoms with E-state index >= 15 is 0 Å². The molecule has 0 N–H and O–H groups in total. The number of hydrogen-bond acceptors (Lipinski definition) is 5. The predicted octanol–water partition coefficient (Wildman–Crippen LogP) is 1.14. The van der Waals surface area contributed by atoms with Crippen molar-refractivity contribution in [3.63, 3.8) is 0 Å². The number of allylic oxidation sites excluding steroid dienone is 1. The molecule has 0 spiro atoms. The topological polar surface area (TPSA) is 76.2 Å². The lowest BCUT2D eigenvalue weighted by Gasteiger charge is -2.34. The summed E-state index contributed by atoms with van der Waals surface area (Å²) in [5, 5.41) is 0. The molecule has 0 saturated carbocycles. The number of carbonyl (C=O) groups excluding carboxylic acids is 3. The van der Waals surface area contributed by atoms with Gasteiger partial charge < -0.3 is 19.3 Å². The molecule has 0 unspecified atom stereocenters. The molecule has 0 aromatic heterocycles. The molecule has 0 atom stereocenters. The minimum Gasteiger partial charge on any atom is -0.497 e. The summed E-state index contributed by atoms with van der Waals surface area (Å²) in [6.45, 7) is 2.25. The van der Waals surface area contributed by atoms with E-state index in [1.165, 1.54) is 12.2 Å². The highest BCUT2D eigenvalue weighted by atomic mass is 16.5. The number of amides is 2. The van der Waals surface area contributed by atoms with Gasteiger partial charge in [0.15, 0.2) is 5.78 Å². The monoisotopic (exact) mass is 384 g/mol. The number of benzene rings is 1. The van der Waals surface area contributed by atoms with Crippen molar-refractivity contribution in [2.45, 2.75) is 6.42 Å². The van der Waals surface area contributed by atoms with E-state index in [4.69, 9.17) is 15.9 Å². The van der Waals surface area contributed by atoms with Crippen LogP contribution in [0.15, 0.2) is 36.4 Å². The second-order valence-corrected chi connectivity index (χ2v) is 6.14. The average molecular weight is 384 g/mol. The van der Waals surface area contributed by atoms with Crippen LogP contribution in [-0.2, 0) is 14.3 Å². The Bertz CT molecular complexity index is 756. The van der Waals surface area contributed by atoms with E-state index in [9.17, 15) is 14.4 Å². The molecule has 1 aliphatic rings. The predicted molar refractivity (Wildman–Crippen MR) is 104 cm³/mol. The van der Waals surface area contributed by atoms with Crippen LogP contribution in [0.25, 0.3) is 0 Å². The van der Waals surface area contributed by atoms with Gasteiger partial charge >= 0.3 is 0 Å². The molecule has 2 amide bonds. The SMILES string of the molecule is C#CCOCCC(=O)N1CCN(C(=O)/C=C/C(=O)c2ccc(OC)cc2)CC1. The van der Waals surface area contributed by atoms with Crippen molar-refractivity contribution in [1.29, 1.82) is 0 Å². The Hall–Kier alpha value is -3.11. The third-order valence-electron chi connectivity index (χ3n) is 4.34. The molecule has 7 heteroatoms. The molecule has 148 valence electrons. The molecule has 1 fully saturated rings. The molecule has 0 aliphatic carbocycles. The van der Waals surface area contributed by atoms with E-state index in [0.29, 0.717) is 44.1 Å². The maximum Gasteiger partial charge on any atom is 0.246 e. The van der Waals surface area contributed by atoms with Crippen LogP contribution in [0.4, 0.5) is 0 Å². The second kappa shape index (κ2) is 10.9. The van der Waals surface area contributed by atoms with Gasteiger partial charge in [0.05, 0.1) is 20.1 Å². The summed E-state index contributed by atoms with van der Waals surface area (Å²) in [6.07, 6.45) is 7.89. The van der Waals surface area contributed by atoms with E-state index in [-0.39, 0.29) is 30.6 Å². The molecule has 1 aromatic rings. The van der Waals surface area contributed by atoms with Crippen LogP contribution in [0.5, 0.6) is 5.75 Å². The van der Waals surface area contributed by atoms with Crippen molar-refractivity contribution in [2.24, 2.45) is 0 Å². The van der Waals surface area contributed by atoms with E-state index in [0.717, 1.165) is 0 Å². The van der Waals surface area contributed by atoms with Crippen LogP contribution in [0.2, 0.25) is 0 Å². The van der Waals surface area contributed by atoms with Gasteiger partial charge in [-0.2, -0.15) is 0 Å². The highest BCUT2D eigenvalue weighted by Crippen LogP contribution is 2.12. The summed E-state index contributed by atoms with van der Waals surface area (Å²) < 4.78 is 10.2. The molecule has 1 saturated heterocycles. The largest absolute Gasteiger partial charge is 0.497 e. The quantitative estimate of drug-likeness (QED) is 0.291. The molecule has 2 rings (SSSR count). The summed E-state index contributed by atoms with van der Waals surface area (Å²) in [4.78, 5) is 39.8. The number of piperazine rings is 1. The van der Waals surface area contributed by atoms with Crippen molar-refractivity contribution in [3.8, 4) is 18.1 Å². The molecular formula is C21H24N2O5. The van der Waals surface area contributed by atoms with E-state index in [1.54, 1.807) is 41.2 Å². The standard InChI is InChI=1S/C21H24N2O5/c1-3-15-28-16-10-21(26)23-13-11-22(12-14-23)20(25)9-8-19(24)17-4-6-18(27-2)7-5-17/h1,4-9H,10-16H2,2H3/b9-8+. The van der Waals surface area contributed by atoms with Gasteiger partial charge in [0, 0.05) is 37.8 Å². The molecule has 28 heavy (non-hydrogen) atoms. The third kappa shape index (κ3) is 6.25. The lowest BCUT2D eigenvalue weighted by Crippen LogP contribution is -2.50. The van der Waals surface area contributed by atoms with Crippen LogP contribution in [0, 0.1) is 12.3 Å². The Morgan fingerprint density at radius 1 is 1.07 bits per heavy atom. The Kier molecular flexibility index (Phi) is 8.25. The fourth-order valence-corrected chi connectivity index (χ4v) is 2.73. The number of ether oxygens (including phenoxy) is 2. The number of carbonyl (C=O) groups is 3. The molecule has 1 aliphatic heterocycles. The first kappa shape index (κ1) is 21.2. The number of terminal acetylenes is 1. The summed E-state index contributed by atoms with van der Waals surface area (Å²) in [7, 11) is 1.55. The van der Waals surface area contributed by atoms with Crippen molar-refractivity contribution in [3.05, 3.63) is 42.0 Å². The van der Waals surface area contributed by atoms with Crippen LogP contribution < -0.4 is 4.74 Å².